The average Bonchev–Trinajstić information content (AvgIpc) is 3.12. The molecule has 23 heavy (non-hydrogen) atoms. The molecule has 0 aliphatic carbocycles. The molecule has 0 saturated carbocycles. The molecule has 0 atom stereocenters. The van der Waals surface area contributed by atoms with Crippen molar-refractivity contribution in [2.75, 3.05) is 13.2 Å². The van der Waals surface area contributed by atoms with Gasteiger partial charge in [-0.15, -0.1) is 0 Å². The number of benzene rings is 1. The van der Waals surface area contributed by atoms with Crippen molar-refractivity contribution in [2.45, 2.75) is 13.0 Å². The lowest BCUT2D eigenvalue weighted by Gasteiger charge is -2.11. The summed E-state index contributed by atoms with van der Waals surface area (Å²) in [6.07, 6.45) is 2.12. The Kier molecular flexibility index (Phi) is 4.69. The summed E-state index contributed by atoms with van der Waals surface area (Å²) >= 11 is 6.24. The van der Waals surface area contributed by atoms with Crippen LogP contribution in [0.1, 0.15) is 22.5 Å². The van der Waals surface area contributed by atoms with Gasteiger partial charge in [-0.05, 0) is 18.1 Å². The highest BCUT2D eigenvalue weighted by Crippen LogP contribution is 2.24. The molecule has 3 aromatic rings. The fourth-order valence-electron chi connectivity index (χ4n) is 2.50. The highest BCUT2D eigenvalue weighted by Gasteiger charge is 2.18. The van der Waals surface area contributed by atoms with Gasteiger partial charge in [0.15, 0.2) is 5.58 Å². The Labute approximate surface area is 138 Å². The predicted molar refractivity (Wildman–Crippen MR) is 88.8 cm³/mol. The molecular weight excluding hydrogens is 316 g/mol. The monoisotopic (exact) mass is 332 g/mol. The first-order valence-corrected chi connectivity index (χ1v) is 7.77. The third-order valence-electron chi connectivity index (χ3n) is 3.66. The first-order chi connectivity index (χ1) is 11.2. The van der Waals surface area contributed by atoms with Gasteiger partial charge >= 0.3 is 0 Å². The molecule has 5 nitrogen and oxygen atoms in total. The van der Waals surface area contributed by atoms with Gasteiger partial charge in [0.25, 0.3) is 5.91 Å². The molecule has 6 heteroatoms. The van der Waals surface area contributed by atoms with E-state index in [1.807, 2.05) is 34.9 Å². The van der Waals surface area contributed by atoms with Crippen LogP contribution in [0.25, 0.3) is 11.1 Å². The molecule has 3 rings (SSSR count). The van der Waals surface area contributed by atoms with Crippen LogP contribution in [0.4, 0.5) is 0 Å². The van der Waals surface area contributed by atoms with Gasteiger partial charge in [0.1, 0.15) is 5.69 Å². The van der Waals surface area contributed by atoms with Crippen LogP contribution in [-0.2, 0) is 6.54 Å². The molecule has 1 aromatic carbocycles. The third-order valence-corrected chi connectivity index (χ3v) is 4.03. The number of aliphatic hydroxyl groups excluding tert-OH is 1. The summed E-state index contributed by atoms with van der Waals surface area (Å²) in [5.41, 5.74) is 2.94. The van der Waals surface area contributed by atoms with E-state index >= 15 is 0 Å². The molecular formula is C17H17ClN2O3. The van der Waals surface area contributed by atoms with Crippen molar-refractivity contribution in [2.24, 2.45) is 0 Å². The average molecular weight is 333 g/mol. The van der Waals surface area contributed by atoms with Crippen molar-refractivity contribution in [3.05, 3.63) is 58.9 Å². The Morgan fingerprint density at radius 3 is 2.91 bits per heavy atom. The van der Waals surface area contributed by atoms with E-state index in [-0.39, 0.29) is 12.5 Å². The summed E-state index contributed by atoms with van der Waals surface area (Å²) in [6.45, 7) is 0.947. The van der Waals surface area contributed by atoms with E-state index in [0.29, 0.717) is 35.8 Å². The van der Waals surface area contributed by atoms with Crippen LogP contribution in [0.3, 0.4) is 0 Å². The summed E-state index contributed by atoms with van der Waals surface area (Å²) in [5, 5.41) is 12.3. The van der Waals surface area contributed by atoms with Crippen LogP contribution >= 0.6 is 11.6 Å². The molecule has 0 saturated heterocycles. The van der Waals surface area contributed by atoms with E-state index in [2.05, 4.69) is 5.32 Å². The van der Waals surface area contributed by atoms with Crippen molar-refractivity contribution in [1.29, 1.82) is 0 Å². The van der Waals surface area contributed by atoms with E-state index in [9.17, 15) is 4.79 Å². The van der Waals surface area contributed by atoms with Gasteiger partial charge in [-0.2, -0.15) is 0 Å². The van der Waals surface area contributed by atoms with Gasteiger partial charge in [-0.1, -0.05) is 29.8 Å². The SMILES string of the molecule is O=C(NCCCO)c1cc2occc2n1Cc1ccccc1Cl. The zero-order chi connectivity index (χ0) is 16.2. The summed E-state index contributed by atoms with van der Waals surface area (Å²) in [5.74, 6) is -0.197. The number of hydrogen-bond acceptors (Lipinski definition) is 3. The largest absolute Gasteiger partial charge is 0.463 e. The molecule has 0 spiro atoms. The smallest absolute Gasteiger partial charge is 0.268 e. The second kappa shape index (κ2) is 6.89. The zero-order valence-corrected chi connectivity index (χ0v) is 13.2. The summed E-state index contributed by atoms with van der Waals surface area (Å²) in [6, 6.07) is 11.1. The van der Waals surface area contributed by atoms with Crippen molar-refractivity contribution >= 4 is 28.6 Å². The highest BCUT2D eigenvalue weighted by atomic mass is 35.5. The first-order valence-electron chi connectivity index (χ1n) is 7.40. The van der Waals surface area contributed by atoms with Crippen LogP contribution in [0.15, 0.2) is 47.1 Å². The highest BCUT2D eigenvalue weighted by molar-refractivity contribution is 6.31. The predicted octanol–water partition coefficient (Wildman–Crippen LogP) is 3.05. The maximum absolute atomic E-state index is 12.4. The van der Waals surface area contributed by atoms with Crippen molar-refractivity contribution in [1.82, 2.24) is 9.88 Å². The Morgan fingerprint density at radius 1 is 1.30 bits per heavy atom. The number of carbonyl (C=O) groups excluding carboxylic acids is 1. The Morgan fingerprint density at radius 2 is 2.13 bits per heavy atom. The lowest BCUT2D eigenvalue weighted by Crippen LogP contribution is -2.27. The van der Waals surface area contributed by atoms with Crippen molar-refractivity contribution in [3.63, 3.8) is 0 Å². The second-order valence-corrected chi connectivity index (χ2v) is 5.62. The Bertz CT molecular complexity index is 822. The van der Waals surface area contributed by atoms with E-state index in [1.165, 1.54) is 0 Å². The van der Waals surface area contributed by atoms with Gasteiger partial charge in [-0.3, -0.25) is 4.79 Å². The number of aromatic nitrogens is 1. The van der Waals surface area contributed by atoms with Crippen molar-refractivity contribution in [3.8, 4) is 0 Å². The number of hydrogen-bond donors (Lipinski definition) is 2. The molecule has 2 aromatic heterocycles. The Balaban J connectivity index is 1.94. The molecule has 0 aliphatic heterocycles. The summed E-state index contributed by atoms with van der Waals surface area (Å²) in [7, 11) is 0. The zero-order valence-electron chi connectivity index (χ0n) is 12.5. The molecule has 0 bridgehead atoms. The fraction of sp³-hybridized carbons (Fsp3) is 0.235. The molecule has 2 N–H and O–H groups in total. The summed E-state index contributed by atoms with van der Waals surface area (Å²) in [4.78, 5) is 12.4. The lowest BCUT2D eigenvalue weighted by atomic mass is 10.2. The van der Waals surface area contributed by atoms with E-state index in [0.717, 1.165) is 11.1 Å². The minimum Gasteiger partial charge on any atom is -0.463 e. The number of carbonyl (C=O) groups is 1. The molecule has 0 unspecified atom stereocenters. The topological polar surface area (TPSA) is 67.4 Å². The second-order valence-electron chi connectivity index (χ2n) is 5.21. The quantitative estimate of drug-likeness (QED) is 0.682. The molecule has 0 radical (unpaired) electrons. The summed E-state index contributed by atoms with van der Waals surface area (Å²) < 4.78 is 7.29. The van der Waals surface area contributed by atoms with Crippen LogP contribution < -0.4 is 5.32 Å². The van der Waals surface area contributed by atoms with E-state index < -0.39 is 0 Å². The lowest BCUT2D eigenvalue weighted by molar-refractivity contribution is 0.0942. The van der Waals surface area contributed by atoms with Crippen molar-refractivity contribution < 1.29 is 14.3 Å². The Hall–Kier alpha value is -2.24. The molecule has 1 amide bonds. The molecule has 0 aliphatic rings. The van der Waals surface area contributed by atoms with Crippen LogP contribution in [0, 0.1) is 0 Å². The number of fused-ring (bicyclic) bond motifs is 1. The molecule has 2 heterocycles. The number of halogens is 1. The van der Waals surface area contributed by atoms with Gasteiger partial charge in [-0.25, -0.2) is 0 Å². The fourth-order valence-corrected chi connectivity index (χ4v) is 2.70. The van der Waals surface area contributed by atoms with Gasteiger partial charge in [0.2, 0.25) is 0 Å². The third kappa shape index (κ3) is 3.25. The van der Waals surface area contributed by atoms with E-state index in [1.54, 1.807) is 12.3 Å². The van der Waals surface area contributed by atoms with E-state index in [4.69, 9.17) is 21.1 Å². The standard InChI is InChI=1S/C17H17ClN2O3/c18-13-5-2-1-4-12(13)11-20-14-6-9-23-16(14)10-15(20)17(22)19-7-3-8-21/h1-2,4-6,9-10,21H,3,7-8,11H2,(H,19,22). The molecule has 0 fully saturated rings. The minimum absolute atomic E-state index is 0.0449. The number of nitrogens with zero attached hydrogens (tertiary/aromatic N) is 1. The van der Waals surface area contributed by atoms with Crippen LogP contribution in [-0.4, -0.2) is 28.7 Å². The number of furan rings is 1. The van der Waals surface area contributed by atoms with Crippen LogP contribution in [0.5, 0.6) is 0 Å². The number of amides is 1. The van der Waals surface area contributed by atoms with Crippen LogP contribution in [0.2, 0.25) is 5.02 Å². The van der Waals surface area contributed by atoms with Gasteiger partial charge in [0, 0.05) is 36.9 Å². The maximum atomic E-state index is 12.4. The molecule has 120 valence electrons. The maximum Gasteiger partial charge on any atom is 0.268 e. The normalized spacial score (nSPS) is 11.0. The minimum atomic E-state index is -0.197. The number of aliphatic hydroxyl groups is 1. The number of rotatable bonds is 6. The van der Waals surface area contributed by atoms with Gasteiger partial charge in [0.05, 0.1) is 11.8 Å². The van der Waals surface area contributed by atoms with Gasteiger partial charge < -0.3 is 19.4 Å². The number of nitrogens with one attached hydrogen (secondary N) is 1. The first kappa shape index (κ1) is 15.6.